The van der Waals surface area contributed by atoms with Crippen LogP contribution in [-0.4, -0.2) is 78.9 Å². The normalized spacial score (nSPS) is 29.5. The number of carbonyl (C=O) groups is 3. The lowest BCUT2D eigenvalue weighted by molar-refractivity contribution is -0.274. The number of likely N-dealkylation sites (tertiary alicyclic amines) is 1. The summed E-state index contributed by atoms with van der Waals surface area (Å²) in [7, 11) is 1.59. The molecule has 1 aromatic rings. The molecular formula is C24H30F3N5O4. The molecule has 1 aromatic carbocycles. The summed E-state index contributed by atoms with van der Waals surface area (Å²) in [6.07, 6.45) is -1.24. The van der Waals surface area contributed by atoms with Crippen LogP contribution < -0.4 is 20.7 Å². The first-order chi connectivity index (χ1) is 17.1. The van der Waals surface area contributed by atoms with Crippen LogP contribution in [0.4, 0.5) is 22.8 Å². The fourth-order valence-electron chi connectivity index (χ4n) is 5.70. The van der Waals surface area contributed by atoms with Gasteiger partial charge in [-0.2, -0.15) is 0 Å². The number of hydrogen-bond acceptors (Lipinski definition) is 4. The summed E-state index contributed by atoms with van der Waals surface area (Å²) < 4.78 is 41.1. The lowest BCUT2D eigenvalue weighted by Gasteiger charge is -2.47. The number of nitrogens with one attached hydrogen (secondary N) is 3. The molecule has 12 heteroatoms. The van der Waals surface area contributed by atoms with Crippen molar-refractivity contribution in [3.63, 3.8) is 0 Å². The number of nitrogens with zero attached hydrogens (tertiary/aromatic N) is 2. The van der Waals surface area contributed by atoms with Crippen LogP contribution in [0.3, 0.4) is 0 Å². The molecule has 1 unspecified atom stereocenters. The summed E-state index contributed by atoms with van der Waals surface area (Å²) in [5, 5.41) is 8.64. The van der Waals surface area contributed by atoms with Gasteiger partial charge in [0.1, 0.15) is 5.75 Å². The largest absolute Gasteiger partial charge is 0.573 e. The Bertz CT molecular complexity index is 1030. The van der Waals surface area contributed by atoms with Crippen molar-refractivity contribution < 1.29 is 32.3 Å². The Morgan fingerprint density at radius 3 is 2.50 bits per heavy atom. The van der Waals surface area contributed by atoms with E-state index in [2.05, 4.69) is 20.7 Å². The Hall–Kier alpha value is -3.18. The van der Waals surface area contributed by atoms with Crippen LogP contribution in [0.15, 0.2) is 24.3 Å². The average Bonchev–Trinajstić information content (AvgIpc) is 3.74. The van der Waals surface area contributed by atoms with Gasteiger partial charge in [0.2, 0.25) is 5.91 Å². The minimum atomic E-state index is -4.74. The molecule has 0 bridgehead atoms. The molecule has 9 nitrogen and oxygen atoms in total. The second-order valence-corrected chi connectivity index (χ2v) is 10.4. The van der Waals surface area contributed by atoms with Gasteiger partial charge < -0.3 is 30.5 Å². The van der Waals surface area contributed by atoms with E-state index in [0.717, 1.165) is 18.4 Å². The molecule has 2 aliphatic carbocycles. The highest BCUT2D eigenvalue weighted by molar-refractivity contribution is 5.80. The first kappa shape index (κ1) is 24.5. The number of hydrogen-bond donors (Lipinski definition) is 3. The molecule has 2 aliphatic heterocycles. The van der Waals surface area contributed by atoms with Crippen molar-refractivity contribution in [2.75, 3.05) is 26.7 Å². The molecule has 36 heavy (non-hydrogen) atoms. The number of amides is 5. The smallest absolute Gasteiger partial charge is 0.406 e. The third kappa shape index (κ3) is 5.31. The molecule has 196 valence electrons. The fourth-order valence-corrected chi connectivity index (χ4v) is 5.70. The zero-order valence-electron chi connectivity index (χ0n) is 19.9. The molecular weight excluding hydrogens is 479 g/mol. The van der Waals surface area contributed by atoms with Gasteiger partial charge in [-0.1, -0.05) is 12.1 Å². The highest BCUT2D eigenvalue weighted by atomic mass is 19.4. The zero-order chi connectivity index (χ0) is 25.7. The van der Waals surface area contributed by atoms with E-state index >= 15 is 0 Å². The van der Waals surface area contributed by atoms with Crippen molar-refractivity contribution in [3.8, 4) is 5.75 Å². The van der Waals surface area contributed by atoms with Gasteiger partial charge in [-0.05, 0) is 43.4 Å². The van der Waals surface area contributed by atoms with Crippen molar-refractivity contribution in [2.24, 2.45) is 5.41 Å². The van der Waals surface area contributed by atoms with Crippen LogP contribution in [0.2, 0.25) is 0 Å². The van der Waals surface area contributed by atoms with Crippen LogP contribution >= 0.6 is 0 Å². The first-order valence-electron chi connectivity index (χ1n) is 12.2. The highest BCUT2D eigenvalue weighted by Crippen LogP contribution is 2.43. The summed E-state index contributed by atoms with van der Waals surface area (Å²) >= 11 is 0. The molecule has 2 saturated heterocycles. The molecule has 4 aliphatic rings. The lowest BCUT2D eigenvalue weighted by Crippen LogP contribution is -2.61. The summed E-state index contributed by atoms with van der Waals surface area (Å²) in [5.41, 5.74) is 0.406. The third-order valence-corrected chi connectivity index (χ3v) is 7.53. The van der Waals surface area contributed by atoms with Gasteiger partial charge in [0.25, 0.3) is 0 Å². The molecule has 4 fully saturated rings. The van der Waals surface area contributed by atoms with E-state index in [-0.39, 0.29) is 47.8 Å². The first-order valence-corrected chi connectivity index (χ1v) is 12.2. The second kappa shape index (κ2) is 9.04. The van der Waals surface area contributed by atoms with Crippen LogP contribution in [0.5, 0.6) is 5.75 Å². The zero-order valence-corrected chi connectivity index (χ0v) is 19.9. The highest BCUT2D eigenvalue weighted by Gasteiger charge is 2.51. The van der Waals surface area contributed by atoms with Gasteiger partial charge in [0.15, 0.2) is 0 Å². The topological polar surface area (TPSA) is 103 Å². The summed E-state index contributed by atoms with van der Waals surface area (Å²) in [6, 6.07) is 5.10. The Morgan fingerprint density at radius 1 is 1.19 bits per heavy atom. The summed E-state index contributed by atoms with van der Waals surface area (Å²) in [5.74, 6) is -0.325. The standard InChI is InChI=1S/C24H30F3N5O4/c1-28-21(34)32(15-4-5-15)16-9-23(10-20(33)29-12-23)13-31(11-16)22(35)30-19-8-18(19)14-2-6-17(7-3-14)36-24(25,26)27/h2-3,6-7,15-16,18-19H,4-5,8-13H2,1H3,(H,28,34)(H,29,33)(H,30,35)/t16-,18-,19+,23?/m1/s1. The molecule has 5 amide bonds. The van der Waals surface area contributed by atoms with Gasteiger partial charge in [-0.15, -0.1) is 13.2 Å². The number of carbonyl (C=O) groups excluding carboxylic acids is 3. The van der Waals surface area contributed by atoms with Crippen LogP contribution in [0.1, 0.15) is 43.6 Å². The molecule has 1 spiro atoms. The van der Waals surface area contributed by atoms with E-state index in [4.69, 9.17) is 0 Å². The number of alkyl halides is 3. The van der Waals surface area contributed by atoms with E-state index in [0.29, 0.717) is 38.9 Å². The van der Waals surface area contributed by atoms with Crippen molar-refractivity contribution in [2.45, 2.75) is 62.5 Å². The number of ether oxygens (including phenoxy) is 1. The quantitative estimate of drug-likeness (QED) is 0.568. The van der Waals surface area contributed by atoms with Crippen LogP contribution in [0, 0.1) is 5.41 Å². The number of rotatable bonds is 5. The van der Waals surface area contributed by atoms with E-state index in [1.165, 1.54) is 12.1 Å². The second-order valence-electron chi connectivity index (χ2n) is 10.4. The SMILES string of the molecule is CNC(=O)N(C1CC1)[C@H]1CN(C(=O)N[C@H]2C[C@@H]2c2ccc(OC(F)(F)F)cc2)CC2(CNC(=O)C2)C1. The van der Waals surface area contributed by atoms with Crippen molar-refractivity contribution >= 4 is 18.0 Å². The van der Waals surface area contributed by atoms with Crippen LogP contribution in [0.25, 0.3) is 0 Å². The summed E-state index contributed by atoms with van der Waals surface area (Å²) in [4.78, 5) is 41.6. The van der Waals surface area contributed by atoms with Gasteiger partial charge in [-0.3, -0.25) is 4.79 Å². The Labute approximate surface area is 206 Å². The molecule has 0 radical (unpaired) electrons. The van der Waals surface area contributed by atoms with Gasteiger partial charge in [0.05, 0.1) is 6.04 Å². The maximum absolute atomic E-state index is 13.3. The maximum Gasteiger partial charge on any atom is 0.573 e. The van der Waals surface area contributed by atoms with Crippen molar-refractivity contribution in [1.82, 2.24) is 25.8 Å². The number of piperidine rings is 1. The van der Waals surface area contributed by atoms with E-state index < -0.39 is 11.8 Å². The number of halogens is 3. The Kier molecular flexibility index (Phi) is 6.16. The minimum absolute atomic E-state index is 0.00647. The molecule has 4 atom stereocenters. The molecule has 5 rings (SSSR count). The number of benzene rings is 1. The third-order valence-electron chi connectivity index (χ3n) is 7.53. The fraction of sp³-hybridized carbons (Fsp3) is 0.625. The molecule has 0 aromatic heterocycles. The monoisotopic (exact) mass is 509 g/mol. The van der Waals surface area contributed by atoms with E-state index in [9.17, 15) is 27.6 Å². The predicted octanol–water partition coefficient (Wildman–Crippen LogP) is 2.54. The predicted molar refractivity (Wildman–Crippen MR) is 122 cm³/mol. The van der Waals surface area contributed by atoms with E-state index in [1.807, 2.05) is 4.90 Å². The van der Waals surface area contributed by atoms with Crippen molar-refractivity contribution in [1.29, 1.82) is 0 Å². The van der Waals surface area contributed by atoms with Gasteiger partial charge in [0, 0.05) is 56.5 Å². The minimum Gasteiger partial charge on any atom is -0.406 e. The number of urea groups is 2. The van der Waals surface area contributed by atoms with Gasteiger partial charge in [-0.25, -0.2) is 9.59 Å². The Morgan fingerprint density at radius 2 is 1.92 bits per heavy atom. The molecule has 2 saturated carbocycles. The van der Waals surface area contributed by atoms with Crippen LogP contribution in [-0.2, 0) is 4.79 Å². The van der Waals surface area contributed by atoms with Crippen molar-refractivity contribution in [3.05, 3.63) is 29.8 Å². The summed E-state index contributed by atoms with van der Waals surface area (Å²) in [6.45, 7) is 1.27. The molecule has 3 N–H and O–H groups in total. The average molecular weight is 510 g/mol. The molecule has 2 heterocycles. The lowest BCUT2D eigenvalue weighted by atomic mass is 9.76. The maximum atomic E-state index is 13.3. The van der Waals surface area contributed by atoms with E-state index in [1.54, 1.807) is 24.1 Å². The Balaban J connectivity index is 1.24. The van der Waals surface area contributed by atoms with Gasteiger partial charge >= 0.3 is 18.4 Å².